The van der Waals surface area contributed by atoms with Gasteiger partial charge in [0, 0.05) is 4.91 Å². The maximum absolute atomic E-state index is 12.8. The molecule has 1 aromatic heterocycles. The maximum Gasteiger partial charge on any atom is 0.487 e. The number of carbonyl (C=O) groups excluding carboxylic acids is 2. The van der Waals surface area contributed by atoms with Crippen LogP contribution in [0.4, 0.5) is 10.8 Å². The number of ether oxygens (including phenoxy) is 1. The number of nitrogens with zero attached hydrogens (tertiary/aromatic N) is 1. The highest BCUT2D eigenvalue weighted by Crippen LogP contribution is 2.37. The van der Waals surface area contributed by atoms with Crippen molar-refractivity contribution in [3.8, 4) is 0 Å². The minimum atomic E-state index is -0.737. The van der Waals surface area contributed by atoms with Crippen molar-refractivity contribution in [1.82, 2.24) is 10.3 Å². The largest absolute Gasteiger partial charge is 0.487 e. The Balaban J connectivity index is 2.13. The van der Waals surface area contributed by atoms with Crippen LogP contribution in [0.5, 0.6) is 0 Å². The highest BCUT2D eigenvalue weighted by Gasteiger charge is 2.50. The van der Waals surface area contributed by atoms with Crippen LogP contribution in [0.2, 0.25) is 0 Å². The van der Waals surface area contributed by atoms with Gasteiger partial charge in [-0.15, -0.1) is 11.8 Å². The highest BCUT2D eigenvalue weighted by atomic mass is 32.2. The third-order valence-electron chi connectivity index (χ3n) is 4.96. The highest BCUT2D eigenvalue weighted by molar-refractivity contribution is 8.02. The van der Waals surface area contributed by atoms with E-state index in [0.717, 1.165) is 11.2 Å². The Hall–Kier alpha value is -2.50. The van der Waals surface area contributed by atoms with E-state index in [1.165, 1.54) is 11.8 Å². The lowest BCUT2D eigenvalue weighted by Crippen LogP contribution is -2.41. The number of oxazole rings is 1. The van der Waals surface area contributed by atoms with E-state index in [-0.39, 0.29) is 11.7 Å². The van der Waals surface area contributed by atoms with Crippen LogP contribution in [-0.4, -0.2) is 47.2 Å². The standard InChI is InChI=1S/C22H32BN3O6S/c1-10-16(33-9)14(11-12-23-31-21(5,6)22(7,8)32-23)24-17(27)15-13-29-18(25-15)26-19(28)30-20(2,3)4/h10-13H,1H2,2-9H3,(H,24,27)(H,25,26,28)/b12-11+,16-14-. The molecule has 2 N–H and O–H groups in total. The molecule has 0 radical (unpaired) electrons. The molecule has 1 aliphatic rings. The number of rotatable bonds is 7. The normalized spacial score (nSPS) is 18.1. The molecule has 0 atom stereocenters. The fourth-order valence-corrected chi connectivity index (χ4v) is 3.15. The molecule has 2 amide bonds. The third kappa shape index (κ3) is 7.25. The van der Waals surface area contributed by atoms with Gasteiger partial charge >= 0.3 is 19.2 Å². The van der Waals surface area contributed by atoms with Crippen LogP contribution in [0.3, 0.4) is 0 Å². The number of allylic oxidation sites excluding steroid dienone is 2. The quantitative estimate of drug-likeness (QED) is 0.429. The van der Waals surface area contributed by atoms with Gasteiger partial charge in [0.1, 0.15) is 11.9 Å². The second-order valence-corrected chi connectivity index (χ2v) is 10.1. The number of hydrogen-bond acceptors (Lipinski definition) is 8. The van der Waals surface area contributed by atoms with Crippen LogP contribution in [-0.2, 0) is 14.0 Å². The van der Waals surface area contributed by atoms with Crippen LogP contribution in [0.15, 0.2) is 46.0 Å². The first-order valence-corrected chi connectivity index (χ1v) is 11.6. The van der Waals surface area contributed by atoms with Crippen molar-refractivity contribution < 1.29 is 28.1 Å². The van der Waals surface area contributed by atoms with Crippen LogP contribution in [0, 0.1) is 0 Å². The number of hydrogen-bond donors (Lipinski definition) is 2. The zero-order valence-electron chi connectivity index (χ0n) is 20.4. The summed E-state index contributed by atoms with van der Waals surface area (Å²) in [5.41, 5.74) is -1.17. The molecule has 0 aromatic carbocycles. The summed E-state index contributed by atoms with van der Waals surface area (Å²) in [5, 5.41) is 5.14. The molecule has 33 heavy (non-hydrogen) atoms. The van der Waals surface area contributed by atoms with E-state index in [2.05, 4.69) is 22.2 Å². The van der Waals surface area contributed by atoms with Crippen LogP contribution < -0.4 is 10.6 Å². The Bertz CT molecular complexity index is 946. The molecule has 0 unspecified atom stereocenters. The van der Waals surface area contributed by atoms with E-state index in [1.54, 1.807) is 38.9 Å². The summed E-state index contributed by atoms with van der Waals surface area (Å²) in [7, 11) is -0.577. The number of anilines is 1. The molecule has 9 nitrogen and oxygen atoms in total. The van der Waals surface area contributed by atoms with Gasteiger partial charge < -0.3 is 23.8 Å². The van der Waals surface area contributed by atoms with Gasteiger partial charge in [0.25, 0.3) is 5.91 Å². The SMILES string of the molecule is C=C/C(SC)=C(\C=C\B1OC(C)(C)C(C)(C)O1)NC(=O)c1coc(NC(=O)OC(C)(C)C)n1. The molecule has 1 fully saturated rings. The van der Waals surface area contributed by atoms with Gasteiger partial charge in [-0.2, -0.15) is 4.98 Å². The Kier molecular flexibility index (Phi) is 8.26. The summed E-state index contributed by atoms with van der Waals surface area (Å²) in [5.74, 6) is 1.20. The number of amides is 2. The zero-order chi connectivity index (χ0) is 25.0. The minimum absolute atomic E-state index is 0.0212. The van der Waals surface area contributed by atoms with E-state index in [0.29, 0.717) is 5.70 Å². The average molecular weight is 477 g/mol. The molecule has 11 heteroatoms. The van der Waals surface area contributed by atoms with E-state index in [1.807, 2.05) is 34.0 Å². The monoisotopic (exact) mass is 477 g/mol. The predicted octanol–water partition coefficient (Wildman–Crippen LogP) is 4.70. The van der Waals surface area contributed by atoms with Crippen molar-refractivity contribution in [2.45, 2.75) is 65.3 Å². The molecule has 1 aliphatic heterocycles. The lowest BCUT2D eigenvalue weighted by molar-refractivity contribution is 0.00578. The molecule has 1 aromatic rings. The molecule has 1 saturated heterocycles. The van der Waals surface area contributed by atoms with Gasteiger partial charge in [-0.3, -0.25) is 4.79 Å². The van der Waals surface area contributed by atoms with Crippen molar-refractivity contribution in [1.29, 1.82) is 0 Å². The molecule has 2 heterocycles. The first kappa shape index (κ1) is 26.8. The van der Waals surface area contributed by atoms with E-state index < -0.39 is 35.9 Å². The molecule has 0 saturated carbocycles. The molecular formula is C22H32BN3O6S. The van der Waals surface area contributed by atoms with E-state index in [4.69, 9.17) is 18.5 Å². The van der Waals surface area contributed by atoms with Gasteiger partial charge in [0.15, 0.2) is 5.69 Å². The van der Waals surface area contributed by atoms with Crippen LogP contribution in [0.25, 0.3) is 0 Å². The minimum Gasteiger partial charge on any atom is -0.443 e. The predicted molar refractivity (Wildman–Crippen MR) is 130 cm³/mol. The van der Waals surface area contributed by atoms with E-state index >= 15 is 0 Å². The van der Waals surface area contributed by atoms with Gasteiger partial charge in [0.05, 0.1) is 16.9 Å². The smallest absolute Gasteiger partial charge is 0.443 e. The van der Waals surface area contributed by atoms with Crippen LogP contribution >= 0.6 is 11.8 Å². The summed E-state index contributed by atoms with van der Waals surface area (Å²) in [6.07, 6.45) is 5.61. The topological polar surface area (TPSA) is 112 Å². The number of thioether (sulfide) groups is 1. The van der Waals surface area contributed by atoms with Crippen LogP contribution in [0.1, 0.15) is 59.0 Å². The van der Waals surface area contributed by atoms with Crippen molar-refractivity contribution in [3.63, 3.8) is 0 Å². The first-order chi connectivity index (χ1) is 15.2. The maximum atomic E-state index is 12.8. The van der Waals surface area contributed by atoms with Gasteiger partial charge in [0.2, 0.25) is 0 Å². The van der Waals surface area contributed by atoms with Crippen molar-refractivity contribution >= 4 is 36.9 Å². The average Bonchev–Trinajstić information content (AvgIpc) is 3.20. The van der Waals surface area contributed by atoms with Crippen molar-refractivity contribution in [2.75, 3.05) is 11.6 Å². The second-order valence-electron chi connectivity index (χ2n) is 9.29. The molecule has 0 bridgehead atoms. The summed E-state index contributed by atoms with van der Waals surface area (Å²) in [4.78, 5) is 29.4. The summed E-state index contributed by atoms with van der Waals surface area (Å²) in [6, 6.07) is -0.151. The lowest BCUT2D eigenvalue weighted by atomic mass is 9.89. The third-order valence-corrected chi connectivity index (χ3v) is 5.78. The number of aromatic nitrogens is 1. The summed E-state index contributed by atoms with van der Waals surface area (Å²) in [6.45, 7) is 16.8. The summed E-state index contributed by atoms with van der Waals surface area (Å²) < 4.78 is 22.3. The Labute approximate surface area is 199 Å². The fourth-order valence-electron chi connectivity index (χ4n) is 2.64. The second kappa shape index (κ2) is 10.2. The Morgan fingerprint density at radius 3 is 2.33 bits per heavy atom. The zero-order valence-corrected chi connectivity index (χ0v) is 21.2. The van der Waals surface area contributed by atoms with Gasteiger partial charge in [-0.05, 0) is 60.8 Å². The first-order valence-electron chi connectivity index (χ1n) is 10.4. The lowest BCUT2D eigenvalue weighted by Gasteiger charge is -2.32. The summed E-state index contributed by atoms with van der Waals surface area (Å²) >= 11 is 1.41. The van der Waals surface area contributed by atoms with Crippen molar-refractivity contribution in [3.05, 3.63) is 47.3 Å². The molecule has 180 valence electrons. The Morgan fingerprint density at radius 1 is 1.21 bits per heavy atom. The molecule has 2 rings (SSSR count). The Morgan fingerprint density at radius 2 is 1.82 bits per heavy atom. The molecule has 0 aliphatic carbocycles. The van der Waals surface area contributed by atoms with Gasteiger partial charge in [-0.1, -0.05) is 18.6 Å². The van der Waals surface area contributed by atoms with Gasteiger partial charge in [-0.25, -0.2) is 10.1 Å². The number of carbonyl (C=O) groups is 2. The number of nitrogens with one attached hydrogen (secondary N) is 2. The fraction of sp³-hybridized carbons (Fsp3) is 0.500. The molecular weight excluding hydrogens is 445 g/mol. The van der Waals surface area contributed by atoms with E-state index in [9.17, 15) is 9.59 Å². The van der Waals surface area contributed by atoms with Crippen molar-refractivity contribution in [2.24, 2.45) is 0 Å². The molecule has 0 spiro atoms.